The molecule has 15 nitrogen and oxygen atoms in total. The van der Waals surface area contributed by atoms with E-state index in [1.54, 1.807) is 13.8 Å². The predicted octanol–water partition coefficient (Wildman–Crippen LogP) is 2.68. The van der Waals surface area contributed by atoms with Crippen molar-refractivity contribution in [2.24, 2.45) is 11.8 Å². The number of H-pyrrole nitrogens is 1. The van der Waals surface area contributed by atoms with Crippen LogP contribution in [0.15, 0.2) is 30.3 Å². The zero-order chi connectivity index (χ0) is 30.5. The maximum Gasteiger partial charge on any atom is 0.411 e. The topological polar surface area (TPSA) is 201 Å². The number of esters is 2. The summed E-state index contributed by atoms with van der Waals surface area (Å²) in [6, 6.07) is 10.2. The van der Waals surface area contributed by atoms with Gasteiger partial charge in [-0.25, -0.2) is 14.7 Å². The Hall–Kier alpha value is -4.74. The van der Waals surface area contributed by atoms with Crippen LogP contribution in [0.3, 0.4) is 0 Å². The molecule has 1 aromatic carbocycles. The van der Waals surface area contributed by atoms with Crippen LogP contribution in [0.25, 0.3) is 0 Å². The number of likely N-dealkylation sites (tertiary alicyclic amines) is 2. The quantitative estimate of drug-likeness (QED) is 0.356. The van der Waals surface area contributed by atoms with E-state index in [1.165, 1.54) is 9.80 Å². The average Bonchev–Trinajstić information content (AvgIpc) is 3.55. The van der Waals surface area contributed by atoms with Gasteiger partial charge in [-0.1, -0.05) is 30.3 Å². The Morgan fingerprint density at radius 2 is 1.60 bits per heavy atom. The van der Waals surface area contributed by atoms with Crippen LogP contribution in [0.4, 0.5) is 9.59 Å². The van der Waals surface area contributed by atoms with Gasteiger partial charge in [0.25, 0.3) is 0 Å². The highest BCUT2D eigenvalue weighted by atomic mass is 16.6. The van der Waals surface area contributed by atoms with Gasteiger partial charge in [-0.15, -0.1) is 5.10 Å². The molecule has 0 radical (unpaired) electrons. The number of nitriles is 1. The number of nitrogens with zero attached hydrogens (tertiary/aromatic N) is 6. The summed E-state index contributed by atoms with van der Waals surface area (Å²) in [5.74, 6) is -0.921. The molecule has 0 aliphatic carbocycles. The van der Waals surface area contributed by atoms with Crippen LogP contribution in [-0.2, 0) is 30.4 Å². The summed E-state index contributed by atoms with van der Waals surface area (Å²) in [6.45, 7) is 4.84. The minimum Gasteiger partial charge on any atom is -0.466 e. The van der Waals surface area contributed by atoms with Gasteiger partial charge in [0.1, 0.15) is 12.6 Å². The molecule has 2 amide bonds. The van der Waals surface area contributed by atoms with Gasteiger partial charge >= 0.3 is 24.1 Å². The molecule has 2 N–H and O–H groups in total. The highest BCUT2D eigenvalue weighted by Gasteiger charge is 2.38. The molecule has 1 aromatic heterocycles. The number of aromatic nitrogens is 4. The molecule has 2 aromatic rings. The molecule has 2 saturated heterocycles. The number of hydrogen-bond acceptors (Lipinski definition) is 11. The number of ether oxygens (including phenoxy) is 3. The lowest BCUT2D eigenvalue weighted by Gasteiger charge is -2.35. The van der Waals surface area contributed by atoms with Crippen LogP contribution in [0.5, 0.6) is 0 Å². The van der Waals surface area contributed by atoms with E-state index in [4.69, 9.17) is 19.3 Å². The molecule has 2 aliphatic heterocycles. The number of tetrazole rings is 1. The van der Waals surface area contributed by atoms with Gasteiger partial charge < -0.3 is 19.3 Å². The van der Waals surface area contributed by atoms with Gasteiger partial charge in [-0.3, -0.25) is 19.4 Å². The van der Waals surface area contributed by atoms with Crippen molar-refractivity contribution in [3.63, 3.8) is 0 Å². The van der Waals surface area contributed by atoms with E-state index in [1.807, 2.05) is 30.3 Å². The van der Waals surface area contributed by atoms with Gasteiger partial charge in [0.2, 0.25) is 0 Å². The van der Waals surface area contributed by atoms with Crippen LogP contribution in [0.1, 0.15) is 57.0 Å². The Morgan fingerprint density at radius 1 is 0.976 bits per heavy atom. The number of aromatic amines is 1. The molecule has 4 rings (SSSR count). The summed E-state index contributed by atoms with van der Waals surface area (Å²) < 4.78 is 15.2. The highest BCUT2D eigenvalue weighted by molar-refractivity contribution is 5.74. The number of rotatable bonds is 7. The second kappa shape index (κ2) is 15.9. The van der Waals surface area contributed by atoms with E-state index in [9.17, 15) is 24.4 Å². The third kappa shape index (κ3) is 8.63. The largest absolute Gasteiger partial charge is 0.466 e. The Kier molecular flexibility index (Phi) is 12.0. The highest BCUT2D eigenvalue weighted by Crippen LogP contribution is 2.33. The molecule has 15 heteroatoms. The summed E-state index contributed by atoms with van der Waals surface area (Å²) in [6.07, 6.45) is -0.0373. The third-order valence-corrected chi connectivity index (χ3v) is 6.96. The van der Waals surface area contributed by atoms with Crippen molar-refractivity contribution >= 4 is 24.1 Å². The van der Waals surface area contributed by atoms with Crippen molar-refractivity contribution in [2.75, 3.05) is 26.3 Å². The Labute approximate surface area is 242 Å². The zero-order valence-electron chi connectivity index (χ0n) is 23.5. The molecule has 2 aliphatic rings. The summed E-state index contributed by atoms with van der Waals surface area (Å²) in [5, 5.41) is 31.6. The van der Waals surface area contributed by atoms with Crippen molar-refractivity contribution in [1.82, 2.24) is 30.4 Å². The molecular weight excluding hydrogens is 550 g/mol. The van der Waals surface area contributed by atoms with Gasteiger partial charge in [0.05, 0.1) is 37.2 Å². The summed E-state index contributed by atoms with van der Waals surface area (Å²) >= 11 is 0. The minimum atomic E-state index is -1.05. The first-order valence-corrected chi connectivity index (χ1v) is 13.7. The third-order valence-electron chi connectivity index (χ3n) is 6.96. The van der Waals surface area contributed by atoms with Crippen molar-refractivity contribution in [1.29, 1.82) is 5.26 Å². The molecule has 42 heavy (non-hydrogen) atoms. The molecule has 4 unspecified atom stereocenters. The molecule has 226 valence electrons. The van der Waals surface area contributed by atoms with E-state index in [0.29, 0.717) is 44.8 Å². The van der Waals surface area contributed by atoms with Gasteiger partial charge in [0.15, 0.2) is 5.82 Å². The number of benzene rings is 1. The maximum absolute atomic E-state index is 12.2. The Balaban J connectivity index is 0.000000235. The number of amides is 2. The van der Waals surface area contributed by atoms with Crippen LogP contribution in [-0.4, -0.2) is 92.0 Å². The molecule has 2 fully saturated rings. The number of nitrogens with one attached hydrogen (secondary N) is 1. The molecular formula is C27H35N7O8. The Bertz CT molecular complexity index is 1220. The van der Waals surface area contributed by atoms with E-state index >= 15 is 0 Å². The van der Waals surface area contributed by atoms with E-state index in [2.05, 4.69) is 26.7 Å². The number of carboxylic acid groups (broad SMARTS) is 1. The fourth-order valence-corrected chi connectivity index (χ4v) is 4.82. The predicted molar refractivity (Wildman–Crippen MR) is 143 cm³/mol. The first kappa shape index (κ1) is 31.8. The molecule has 4 atom stereocenters. The van der Waals surface area contributed by atoms with Crippen LogP contribution < -0.4 is 0 Å². The van der Waals surface area contributed by atoms with Gasteiger partial charge in [-0.05, 0) is 55.5 Å². The van der Waals surface area contributed by atoms with E-state index < -0.39 is 24.3 Å². The lowest BCUT2D eigenvalue weighted by atomic mass is 9.90. The smallest absolute Gasteiger partial charge is 0.411 e. The van der Waals surface area contributed by atoms with Crippen molar-refractivity contribution < 1.29 is 38.5 Å². The zero-order valence-corrected chi connectivity index (χ0v) is 23.5. The lowest BCUT2D eigenvalue weighted by Crippen LogP contribution is -2.47. The van der Waals surface area contributed by atoms with Crippen molar-refractivity contribution in [3.8, 4) is 6.07 Å². The molecule has 0 saturated carbocycles. The number of piperidine rings is 2. The SMILES string of the molecule is CCOC(=O)C1CCN(C(=O)O)C(c2nnn[nH]2)C1.CCOC(=O)C1CCN(C(=O)OCc2ccccc2)C(C#N)C1. The van der Waals surface area contributed by atoms with E-state index in [0.717, 1.165) is 5.56 Å². The monoisotopic (exact) mass is 585 g/mol. The summed E-state index contributed by atoms with van der Waals surface area (Å²) in [4.78, 5) is 49.5. The normalized spacial score (nSPS) is 21.6. The number of hydrogen-bond donors (Lipinski definition) is 2. The average molecular weight is 586 g/mol. The molecule has 0 bridgehead atoms. The van der Waals surface area contributed by atoms with Crippen molar-refractivity contribution in [3.05, 3.63) is 41.7 Å². The fraction of sp³-hybridized carbons (Fsp3) is 0.556. The molecule has 3 heterocycles. The van der Waals surface area contributed by atoms with E-state index in [-0.39, 0.29) is 43.3 Å². The van der Waals surface area contributed by atoms with Crippen LogP contribution >= 0.6 is 0 Å². The Morgan fingerprint density at radius 3 is 2.14 bits per heavy atom. The van der Waals surface area contributed by atoms with Crippen LogP contribution in [0.2, 0.25) is 0 Å². The van der Waals surface area contributed by atoms with Gasteiger partial charge in [0, 0.05) is 13.1 Å². The van der Waals surface area contributed by atoms with Gasteiger partial charge in [-0.2, -0.15) is 5.26 Å². The summed E-state index contributed by atoms with van der Waals surface area (Å²) in [5.41, 5.74) is 0.885. The fourth-order valence-electron chi connectivity index (χ4n) is 4.82. The first-order valence-electron chi connectivity index (χ1n) is 13.7. The standard InChI is InChI=1S/C17H20N2O4.C10H15N5O4/c1-2-22-16(20)14-8-9-19(15(10-14)11-18)17(21)23-12-13-6-4-3-5-7-13;1-2-19-9(16)6-3-4-15(10(17)18)7(5-6)8-11-13-14-12-8/h3-7,14-15H,2,8-10,12H2,1H3;6-7H,2-5H2,1H3,(H,17,18)(H,11,12,13,14). The molecule has 0 spiro atoms. The van der Waals surface area contributed by atoms with Crippen molar-refractivity contribution in [2.45, 2.75) is 58.2 Å². The maximum atomic E-state index is 12.2. The lowest BCUT2D eigenvalue weighted by molar-refractivity contribution is -0.151. The summed E-state index contributed by atoms with van der Waals surface area (Å²) in [7, 11) is 0. The number of carbonyl (C=O) groups excluding carboxylic acids is 3. The second-order valence-electron chi connectivity index (χ2n) is 9.60. The number of carbonyl (C=O) groups is 4. The second-order valence-corrected chi connectivity index (χ2v) is 9.60. The van der Waals surface area contributed by atoms with Crippen LogP contribution in [0, 0.1) is 23.2 Å². The minimum absolute atomic E-state index is 0.162. The first-order chi connectivity index (χ1) is 20.3.